The standard InChI is InChI=1S/C19H18ClNO3/c1-12(22)16(13(2)23)11-14-7-6-10-17(20)18(14)19(24)21-15-8-4-3-5-9-15/h3-10,16H,11H2,1-2H3,(H,21,24). The molecule has 2 aromatic carbocycles. The minimum Gasteiger partial charge on any atom is -0.322 e. The number of hydrogen-bond acceptors (Lipinski definition) is 3. The number of ketones is 2. The second-order valence-electron chi connectivity index (χ2n) is 5.57. The molecule has 2 aromatic rings. The van der Waals surface area contributed by atoms with E-state index in [1.807, 2.05) is 18.2 Å². The molecular formula is C19H18ClNO3. The van der Waals surface area contributed by atoms with E-state index in [0.29, 0.717) is 11.3 Å². The summed E-state index contributed by atoms with van der Waals surface area (Å²) in [6, 6.07) is 14.0. The Labute approximate surface area is 145 Å². The van der Waals surface area contributed by atoms with E-state index in [4.69, 9.17) is 11.6 Å². The van der Waals surface area contributed by atoms with Crippen molar-refractivity contribution in [3.63, 3.8) is 0 Å². The molecule has 2 rings (SSSR count). The second-order valence-corrected chi connectivity index (χ2v) is 5.98. The molecule has 124 valence electrons. The molecule has 0 aliphatic heterocycles. The third kappa shape index (κ3) is 4.30. The number of nitrogens with one attached hydrogen (secondary N) is 1. The lowest BCUT2D eigenvalue weighted by atomic mass is 9.90. The normalized spacial score (nSPS) is 10.5. The fourth-order valence-corrected chi connectivity index (χ4v) is 2.78. The van der Waals surface area contributed by atoms with E-state index in [2.05, 4.69) is 5.32 Å². The number of anilines is 1. The molecule has 0 aliphatic carbocycles. The SMILES string of the molecule is CC(=O)C(Cc1cccc(Cl)c1C(=O)Nc1ccccc1)C(C)=O. The monoisotopic (exact) mass is 343 g/mol. The summed E-state index contributed by atoms with van der Waals surface area (Å²) in [5, 5.41) is 3.06. The van der Waals surface area contributed by atoms with Gasteiger partial charge < -0.3 is 5.32 Å². The molecule has 0 saturated heterocycles. The van der Waals surface area contributed by atoms with Crippen molar-refractivity contribution in [1.29, 1.82) is 0 Å². The molecule has 1 amide bonds. The van der Waals surface area contributed by atoms with Crippen molar-refractivity contribution < 1.29 is 14.4 Å². The number of carbonyl (C=O) groups excluding carboxylic acids is 3. The predicted molar refractivity (Wildman–Crippen MR) is 94.4 cm³/mol. The van der Waals surface area contributed by atoms with E-state index >= 15 is 0 Å². The van der Waals surface area contributed by atoms with Crippen LogP contribution in [0.1, 0.15) is 29.8 Å². The Kier molecular flexibility index (Phi) is 5.88. The van der Waals surface area contributed by atoms with Crippen LogP contribution in [0, 0.1) is 5.92 Å². The van der Waals surface area contributed by atoms with Gasteiger partial charge in [0.05, 0.1) is 16.5 Å². The largest absolute Gasteiger partial charge is 0.322 e. The molecule has 0 aliphatic rings. The molecule has 0 radical (unpaired) electrons. The first kappa shape index (κ1) is 17.9. The number of para-hydroxylation sites is 1. The molecule has 0 aromatic heterocycles. The fourth-order valence-electron chi connectivity index (χ4n) is 2.50. The molecule has 24 heavy (non-hydrogen) atoms. The van der Waals surface area contributed by atoms with Crippen molar-refractivity contribution in [2.75, 3.05) is 5.32 Å². The molecule has 0 saturated carbocycles. The van der Waals surface area contributed by atoms with Gasteiger partial charge in [-0.3, -0.25) is 14.4 Å². The minimum atomic E-state index is -0.772. The number of halogens is 1. The Balaban J connectivity index is 2.34. The zero-order chi connectivity index (χ0) is 17.7. The smallest absolute Gasteiger partial charge is 0.257 e. The Morgan fingerprint density at radius 3 is 2.17 bits per heavy atom. The molecule has 0 heterocycles. The second kappa shape index (κ2) is 7.88. The Morgan fingerprint density at radius 1 is 0.958 bits per heavy atom. The number of rotatable bonds is 6. The van der Waals surface area contributed by atoms with Gasteiger partial charge in [-0.05, 0) is 44.0 Å². The topological polar surface area (TPSA) is 63.2 Å². The van der Waals surface area contributed by atoms with Crippen molar-refractivity contribution in [3.05, 3.63) is 64.7 Å². The number of hydrogen-bond donors (Lipinski definition) is 1. The van der Waals surface area contributed by atoms with E-state index in [1.54, 1.807) is 30.3 Å². The molecule has 0 spiro atoms. The van der Waals surface area contributed by atoms with E-state index < -0.39 is 5.92 Å². The molecule has 0 bridgehead atoms. The predicted octanol–water partition coefficient (Wildman–Crippen LogP) is 3.93. The first-order valence-corrected chi connectivity index (χ1v) is 7.92. The summed E-state index contributed by atoms with van der Waals surface area (Å²) in [5.74, 6) is -1.59. The molecule has 4 nitrogen and oxygen atoms in total. The van der Waals surface area contributed by atoms with Crippen LogP contribution in [0.3, 0.4) is 0 Å². The number of benzene rings is 2. The lowest BCUT2D eigenvalue weighted by molar-refractivity contribution is -0.130. The van der Waals surface area contributed by atoms with Gasteiger partial charge in [0, 0.05) is 5.69 Å². The van der Waals surface area contributed by atoms with Gasteiger partial charge in [0.25, 0.3) is 5.91 Å². The summed E-state index contributed by atoms with van der Waals surface area (Å²) in [6.45, 7) is 2.75. The van der Waals surface area contributed by atoms with Gasteiger partial charge in [0.1, 0.15) is 11.6 Å². The lowest BCUT2D eigenvalue weighted by Crippen LogP contribution is -2.24. The van der Waals surface area contributed by atoms with Crippen molar-refractivity contribution in [3.8, 4) is 0 Å². The highest BCUT2D eigenvalue weighted by Crippen LogP contribution is 2.24. The summed E-state index contributed by atoms with van der Waals surface area (Å²) in [7, 11) is 0. The summed E-state index contributed by atoms with van der Waals surface area (Å²) in [4.78, 5) is 36.0. The van der Waals surface area contributed by atoms with Crippen LogP contribution in [0.2, 0.25) is 5.02 Å². The number of carbonyl (C=O) groups is 3. The van der Waals surface area contributed by atoms with E-state index in [-0.39, 0.29) is 34.5 Å². The van der Waals surface area contributed by atoms with Gasteiger partial charge >= 0.3 is 0 Å². The fraction of sp³-hybridized carbons (Fsp3) is 0.211. The molecule has 0 fully saturated rings. The van der Waals surface area contributed by atoms with Crippen molar-refractivity contribution in [1.82, 2.24) is 0 Å². The van der Waals surface area contributed by atoms with Crippen LogP contribution in [0.4, 0.5) is 5.69 Å². The Hall–Kier alpha value is -2.46. The molecule has 1 N–H and O–H groups in total. The van der Waals surface area contributed by atoms with E-state index in [9.17, 15) is 14.4 Å². The van der Waals surface area contributed by atoms with Gasteiger partial charge in [-0.15, -0.1) is 0 Å². The average molecular weight is 344 g/mol. The van der Waals surface area contributed by atoms with Gasteiger partial charge in [0.15, 0.2) is 0 Å². The van der Waals surface area contributed by atoms with Crippen LogP contribution in [-0.2, 0) is 16.0 Å². The third-order valence-electron chi connectivity index (χ3n) is 3.76. The van der Waals surface area contributed by atoms with Crippen molar-refractivity contribution in [2.24, 2.45) is 5.92 Å². The quantitative estimate of drug-likeness (QED) is 0.808. The van der Waals surface area contributed by atoms with Gasteiger partial charge in [-0.2, -0.15) is 0 Å². The highest BCUT2D eigenvalue weighted by Gasteiger charge is 2.24. The average Bonchev–Trinajstić information content (AvgIpc) is 2.52. The first-order valence-electron chi connectivity index (χ1n) is 7.55. The maximum Gasteiger partial charge on any atom is 0.257 e. The molecular weight excluding hydrogens is 326 g/mol. The van der Waals surface area contributed by atoms with Crippen molar-refractivity contribution in [2.45, 2.75) is 20.3 Å². The summed E-state index contributed by atoms with van der Waals surface area (Å²) in [6.07, 6.45) is 0.156. The zero-order valence-electron chi connectivity index (χ0n) is 13.5. The lowest BCUT2D eigenvalue weighted by Gasteiger charge is -2.15. The molecule has 5 heteroatoms. The van der Waals surface area contributed by atoms with Crippen LogP contribution in [-0.4, -0.2) is 17.5 Å². The van der Waals surface area contributed by atoms with Gasteiger partial charge in [0.2, 0.25) is 0 Å². The summed E-state index contributed by atoms with van der Waals surface area (Å²) < 4.78 is 0. The maximum absolute atomic E-state index is 12.6. The van der Waals surface area contributed by atoms with Crippen LogP contribution < -0.4 is 5.32 Å². The zero-order valence-corrected chi connectivity index (χ0v) is 14.3. The van der Waals surface area contributed by atoms with Gasteiger partial charge in [-0.25, -0.2) is 0 Å². The van der Waals surface area contributed by atoms with Crippen LogP contribution in [0.15, 0.2) is 48.5 Å². The van der Waals surface area contributed by atoms with Crippen LogP contribution in [0.25, 0.3) is 0 Å². The van der Waals surface area contributed by atoms with Crippen LogP contribution in [0.5, 0.6) is 0 Å². The van der Waals surface area contributed by atoms with E-state index in [1.165, 1.54) is 13.8 Å². The number of Topliss-reactive ketones (excluding diaryl/α,β-unsaturated/α-hetero) is 2. The van der Waals surface area contributed by atoms with Crippen molar-refractivity contribution >= 4 is 34.8 Å². The Morgan fingerprint density at radius 2 is 1.58 bits per heavy atom. The maximum atomic E-state index is 12.6. The van der Waals surface area contributed by atoms with E-state index in [0.717, 1.165) is 0 Å². The molecule has 0 unspecified atom stereocenters. The summed E-state index contributed by atoms with van der Waals surface area (Å²) >= 11 is 6.20. The first-order chi connectivity index (χ1) is 11.4. The third-order valence-corrected chi connectivity index (χ3v) is 4.08. The van der Waals surface area contributed by atoms with Gasteiger partial charge in [-0.1, -0.05) is 41.9 Å². The molecule has 0 atom stereocenters. The summed E-state index contributed by atoms with van der Waals surface area (Å²) in [5.41, 5.74) is 1.50. The minimum absolute atomic E-state index is 0.156. The highest BCUT2D eigenvalue weighted by molar-refractivity contribution is 6.34. The van der Waals surface area contributed by atoms with Crippen LogP contribution >= 0.6 is 11.6 Å². The Bertz CT molecular complexity index is 757. The number of amides is 1. The highest BCUT2D eigenvalue weighted by atomic mass is 35.5.